The number of nitrogens with one attached hydrogen (secondary N) is 3. The second-order valence-corrected chi connectivity index (χ2v) is 14.2. The third kappa shape index (κ3) is 17.7. The van der Waals surface area contributed by atoms with Crippen molar-refractivity contribution in [3.63, 3.8) is 0 Å². The van der Waals surface area contributed by atoms with Gasteiger partial charge in [0.05, 0.1) is 25.5 Å². The molecule has 0 aromatic carbocycles. The van der Waals surface area contributed by atoms with E-state index >= 15 is 0 Å². The van der Waals surface area contributed by atoms with Gasteiger partial charge in [-0.2, -0.15) is 0 Å². The molecule has 2 aromatic heterocycles. The van der Waals surface area contributed by atoms with Crippen molar-refractivity contribution in [1.82, 2.24) is 20.3 Å². The lowest BCUT2D eigenvalue weighted by Crippen LogP contribution is -2.29. The first kappa shape index (κ1) is 39.4. The molecular weight excluding hydrogens is 593 g/mol. The van der Waals surface area contributed by atoms with Crippen LogP contribution in [-0.4, -0.2) is 65.3 Å². The second kappa shape index (κ2) is 24.4. The summed E-state index contributed by atoms with van der Waals surface area (Å²) in [6, 6.07) is 0. The molecule has 0 aliphatic carbocycles. The summed E-state index contributed by atoms with van der Waals surface area (Å²) in [6.07, 6.45) is 22.8. The van der Waals surface area contributed by atoms with Gasteiger partial charge in [-0.05, 0) is 19.8 Å². The van der Waals surface area contributed by atoms with Crippen molar-refractivity contribution in [3.8, 4) is 0 Å². The average molecular weight is 656 g/mol. The summed E-state index contributed by atoms with van der Waals surface area (Å²) in [5, 5.41) is 13.6. The number of aromatic nitrogens is 3. The number of nitrogens with zero attached hydrogens (tertiary/aromatic N) is 1. The van der Waals surface area contributed by atoms with Crippen LogP contribution < -0.4 is 16.6 Å². The predicted octanol–water partition coefficient (Wildman–Crippen LogP) is 7.20. The van der Waals surface area contributed by atoms with Crippen LogP contribution in [-0.2, 0) is 24.9 Å². The molecule has 0 spiro atoms. The molecule has 1 unspecified atom stereocenters. The number of unbranched alkanes of at least 4 members (excludes halogenated alkanes) is 15. The fourth-order valence-corrected chi connectivity index (χ4v) is 7.21. The molecule has 0 aliphatic heterocycles. The number of ether oxygens (including phenoxy) is 1. The molecule has 11 nitrogen and oxygen atoms in total. The number of H-pyrrole nitrogens is 2. The summed E-state index contributed by atoms with van der Waals surface area (Å²) >= 11 is 0. The zero-order valence-corrected chi connectivity index (χ0v) is 29.0. The van der Waals surface area contributed by atoms with E-state index in [1.807, 2.05) is 0 Å². The van der Waals surface area contributed by atoms with E-state index in [1.54, 1.807) is 13.1 Å². The normalized spacial score (nSPS) is 13.8. The Hall–Kier alpha value is -1.75. The van der Waals surface area contributed by atoms with Crippen LogP contribution in [0.5, 0.6) is 0 Å². The number of aliphatic hydroxyl groups is 1. The first-order valence-electron chi connectivity index (χ1n) is 17.6. The van der Waals surface area contributed by atoms with Crippen LogP contribution in [0.4, 0.5) is 5.95 Å². The van der Waals surface area contributed by atoms with Gasteiger partial charge in [0.2, 0.25) is 5.95 Å². The molecule has 0 amide bonds. The van der Waals surface area contributed by atoms with Gasteiger partial charge in [-0.3, -0.25) is 14.3 Å². The van der Waals surface area contributed by atoms with Crippen LogP contribution >= 0.6 is 7.60 Å². The van der Waals surface area contributed by atoms with Crippen molar-refractivity contribution in [1.29, 1.82) is 0 Å². The van der Waals surface area contributed by atoms with Gasteiger partial charge in [-0.15, -0.1) is 0 Å². The molecule has 2 atom stereocenters. The molecule has 260 valence electrons. The van der Waals surface area contributed by atoms with Crippen LogP contribution in [0.2, 0.25) is 0 Å². The highest BCUT2D eigenvalue weighted by Crippen LogP contribution is 2.48. The number of nitrogens with two attached hydrogens (primary N) is 1. The van der Waals surface area contributed by atoms with E-state index in [9.17, 15) is 14.5 Å². The molecule has 0 fully saturated rings. The van der Waals surface area contributed by atoms with Crippen LogP contribution in [0.15, 0.2) is 11.0 Å². The summed E-state index contributed by atoms with van der Waals surface area (Å²) in [4.78, 5) is 21.5. The van der Waals surface area contributed by atoms with E-state index in [4.69, 9.17) is 19.5 Å². The van der Waals surface area contributed by atoms with Gasteiger partial charge in [-0.25, -0.2) is 4.98 Å². The number of hydrogen-bond acceptors (Lipinski definition) is 9. The van der Waals surface area contributed by atoms with Crippen LogP contribution in [0.3, 0.4) is 0 Å². The second-order valence-electron chi connectivity index (χ2n) is 12.1. The minimum absolute atomic E-state index is 0.0359. The third-order valence-electron chi connectivity index (χ3n) is 7.95. The van der Waals surface area contributed by atoms with E-state index in [2.05, 4.69) is 27.2 Å². The third-order valence-corrected chi connectivity index (χ3v) is 10.0. The Morgan fingerprint density at radius 1 is 0.867 bits per heavy atom. The van der Waals surface area contributed by atoms with Crippen molar-refractivity contribution in [2.24, 2.45) is 0 Å². The van der Waals surface area contributed by atoms with E-state index in [0.717, 1.165) is 18.6 Å². The Kier molecular flexibility index (Phi) is 21.4. The predicted molar refractivity (Wildman–Crippen MR) is 184 cm³/mol. The monoisotopic (exact) mass is 655 g/mol. The van der Waals surface area contributed by atoms with Gasteiger partial charge < -0.3 is 34.9 Å². The molecule has 2 aromatic rings. The molecule has 2 heterocycles. The van der Waals surface area contributed by atoms with Gasteiger partial charge >= 0.3 is 7.60 Å². The number of aromatic amines is 2. The van der Waals surface area contributed by atoms with Crippen LogP contribution in [0.25, 0.3) is 11.0 Å². The maximum Gasteiger partial charge on any atom is 0.333 e. The summed E-state index contributed by atoms with van der Waals surface area (Å²) < 4.78 is 29.9. The van der Waals surface area contributed by atoms with Gasteiger partial charge in [0, 0.05) is 38.1 Å². The Balaban J connectivity index is 1.44. The van der Waals surface area contributed by atoms with Gasteiger partial charge in [0.15, 0.2) is 0 Å². The van der Waals surface area contributed by atoms with E-state index in [1.165, 1.54) is 96.3 Å². The summed E-state index contributed by atoms with van der Waals surface area (Å²) in [6.45, 7) is 6.27. The highest BCUT2D eigenvalue weighted by atomic mass is 31.2. The molecule has 6 N–H and O–H groups in total. The van der Waals surface area contributed by atoms with Gasteiger partial charge in [-0.1, -0.05) is 103 Å². The SMILES string of the molecule is CCCCCCCCCCCCCCCCCCOCCCOP(=O)(C[C@H](O)CNCc1c[nH]c2c(=O)[nH]c(N)nc12)OCC. The fraction of sp³-hybridized carbons (Fsp3) is 0.818. The molecule has 0 radical (unpaired) electrons. The Morgan fingerprint density at radius 2 is 1.44 bits per heavy atom. The molecule has 0 bridgehead atoms. The minimum atomic E-state index is -3.45. The Bertz CT molecular complexity index is 1130. The zero-order chi connectivity index (χ0) is 32.6. The largest absolute Gasteiger partial charge is 0.391 e. The Labute approximate surface area is 270 Å². The topological polar surface area (TPSA) is 165 Å². The lowest BCUT2D eigenvalue weighted by Gasteiger charge is -2.21. The summed E-state index contributed by atoms with van der Waals surface area (Å²) in [7, 11) is -3.45. The zero-order valence-electron chi connectivity index (χ0n) is 28.1. The van der Waals surface area contributed by atoms with Crippen molar-refractivity contribution in [2.75, 3.05) is 44.9 Å². The van der Waals surface area contributed by atoms with Crippen molar-refractivity contribution in [2.45, 2.75) is 136 Å². The smallest absolute Gasteiger partial charge is 0.333 e. The van der Waals surface area contributed by atoms with Crippen molar-refractivity contribution >= 4 is 24.6 Å². The standard InChI is InChI=1S/C33H62N5O6P/c1-3-5-6-7-8-9-10-11-12-13-14-15-16-17-18-19-21-42-22-20-23-44-45(41,43-4-2)27-29(39)26-35-24-28-25-36-31-30(28)37-33(34)38-32(31)40/h25,29,35-36,39H,3-24,26-27H2,1-2H3,(H3,34,37,38,40)/t29-,45?/m1/s1. The molecule has 45 heavy (non-hydrogen) atoms. The maximum atomic E-state index is 13.1. The minimum Gasteiger partial charge on any atom is -0.391 e. The molecule has 0 saturated carbocycles. The number of anilines is 1. The number of fused-ring (bicyclic) bond motifs is 1. The number of hydrogen-bond donors (Lipinski definition) is 5. The lowest BCUT2D eigenvalue weighted by atomic mass is 10.0. The maximum absolute atomic E-state index is 13.1. The summed E-state index contributed by atoms with van der Waals surface area (Å²) in [5.74, 6) is 0.0359. The molecule has 2 rings (SSSR count). The fourth-order valence-electron chi connectivity index (χ4n) is 5.47. The molecule has 0 aliphatic rings. The van der Waals surface area contributed by atoms with Crippen LogP contribution in [0.1, 0.15) is 129 Å². The Morgan fingerprint density at radius 3 is 2.04 bits per heavy atom. The highest BCUT2D eigenvalue weighted by molar-refractivity contribution is 7.53. The molecular formula is C33H62N5O6P. The molecule has 12 heteroatoms. The van der Waals surface area contributed by atoms with Gasteiger partial charge in [0.1, 0.15) is 11.0 Å². The quantitative estimate of drug-likeness (QED) is 0.0432. The van der Waals surface area contributed by atoms with Crippen LogP contribution in [0, 0.1) is 0 Å². The van der Waals surface area contributed by atoms with Crippen molar-refractivity contribution in [3.05, 3.63) is 22.1 Å². The molecule has 0 saturated heterocycles. The van der Waals surface area contributed by atoms with E-state index in [-0.39, 0.29) is 37.4 Å². The first-order chi connectivity index (χ1) is 21.9. The number of nitrogen functional groups attached to an aromatic ring is 1. The highest BCUT2D eigenvalue weighted by Gasteiger charge is 2.28. The average Bonchev–Trinajstić information content (AvgIpc) is 3.41. The van der Waals surface area contributed by atoms with Gasteiger partial charge in [0.25, 0.3) is 5.56 Å². The van der Waals surface area contributed by atoms with Crippen molar-refractivity contribution < 1.29 is 23.5 Å². The van der Waals surface area contributed by atoms with E-state index < -0.39 is 13.7 Å². The first-order valence-corrected chi connectivity index (χ1v) is 19.3. The number of rotatable bonds is 30. The number of aliphatic hydroxyl groups excluding tert-OH is 1. The summed E-state index contributed by atoms with van der Waals surface area (Å²) in [5.41, 5.74) is 6.85. The van der Waals surface area contributed by atoms with E-state index in [0.29, 0.717) is 30.6 Å². The lowest BCUT2D eigenvalue weighted by molar-refractivity contribution is 0.109.